The number of benzene rings is 3. The van der Waals surface area contributed by atoms with Gasteiger partial charge in [-0.25, -0.2) is 0 Å². The van der Waals surface area contributed by atoms with Crippen molar-refractivity contribution in [3.8, 4) is 0 Å². The van der Waals surface area contributed by atoms with E-state index >= 15 is 0 Å². The Labute approximate surface area is 197 Å². The van der Waals surface area contributed by atoms with E-state index in [2.05, 4.69) is 20.9 Å². The van der Waals surface area contributed by atoms with Gasteiger partial charge in [-0.2, -0.15) is 10.2 Å². The molecule has 4 rings (SSSR count). The fraction of sp³-hybridized carbons (Fsp3) is 0.111. The average Bonchev–Trinajstić information content (AvgIpc) is 3.39. The maximum absolute atomic E-state index is 13.2. The summed E-state index contributed by atoms with van der Waals surface area (Å²) >= 11 is 0. The molecule has 4 aromatic rings. The summed E-state index contributed by atoms with van der Waals surface area (Å²) in [6, 6.07) is 25.2. The SMILES string of the molecule is Cc1ccccc1N=Nc1ccc(N[C@H](NC(=O)c2ccco2)C(=O)c2ccccc2)cc1C. The molecule has 0 saturated carbocycles. The molecule has 3 aromatic carbocycles. The lowest BCUT2D eigenvalue weighted by Crippen LogP contribution is -2.46. The van der Waals surface area contributed by atoms with Gasteiger partial charge in [0.05, 0.1) is 17.6 Å². The first kappa shape index (κ1) is 22.7. The number of carbonyl (C=O) groups excluding carboxylic acids is 2. The van der Waals surface area contributed by atoms with E-state index in [0.29, 0.717) is 16.9 Å². The number of carbonyl (C=O) groups is 2. The molecule has 0 unspecified atom stereocenters. The number of furan rings is 1. The van der Waals surface area contributed by atoms with E-state index in [-0.39, 0.29) is 11.5 Å². The highest BCUT2D eigenvalue weighted by Crippen LogP contribution is 2.26. The van der Waals surface area contributed by atoms with Crippen molar-refractivity contribution in [3.63, 3.8) is 0 Å². The molecule has 0 bridgehead atoms. The van der Waals surface area contributed by atoms with Crippen LogP contribution in [0.3, 0.4) is 0 Å². The molecule has 0 spiro atoms. The Morgan fingerprint density at radius 2 is 1.50 bits per heavy atom. The minimum atomic E-state index is -1.00. The highest BCUT2D eigenvalue weighted by atomic mass is 16.3. The topological polar surface area (TPSA) is 96.1 Å². The molecule has 170 valence electrons. The second kappa shape index (κ2) is 10.4. The average molecular weight is 453 g/mol. The van der Waals surface area contributed by atoms with Crippen molar-refractivity contribution in [3.05, 3.63) is 114 Å². The quantitative estimate of drug-likeness (QED) is 0.185. The first-order chi connectivity index (χ1) is 16.5. The standard InChI is InChI=1S/C27H24N4O3/c1-18-9-6-7-12-22(18)30-31-23-15-14-21(17-19(23)2)28-26(25(32)20-10-4-3-5-11-20)29-27(33)24-13-8-16-34-24/h3-17,26,28H,1-2H3,(H,29,33)/t26-/m1/s1. The number of ketones is 1. The molecule has 0 fully saturated rings. The Bertz CT molecular complexity index is 1310. The van der Waals surface area contributed by atoms with Crippen LogP contribution in [0.2, 0.25) is 0 Å². The molecule has 7 nitrogen and oxygen atoms in total. The molecule has 0 aliphatic rings. The molecule has 1 heterocycles. The van der Waals surface area contributed by atoms with Gasteiger partial charge in [0.1, 0.15) is 0 Å². The third-order valence-corrected chi connectivity index (χ3v) is 5.23. The van der Waals surface area contributed by atoms with Gasteiger partial charge in [0.25, 0.3) is 5.91 Å². The van der Waals surface area contributed by atoms with Gasteiger partial charge in [-0.3, -0.25) is 9.59 Å². The van der Waals surface area contributed by atoms with Crippen molar-refractivity contribution < 1.29 is 14.0 Å². The van der Waals surface area contributed by atoms with Gasteiger partial charge in [0.15, 0.2) is 11.9 Å². The van der Waals surface area contributed by atoms with Crippen LogP contribution in [-0.4, -0.2) is 17.9 Å². The van der Waals surface area contributed by atoms with E-state index in [1.807, 2.05) is 56.3 Å². The summed E-state index contributed by atoms with van der Waals surface area (Å²) in [5, 5.41) is 14.6. The van der Waals surface area contributed by atoms with Crippen LogP contribution in [0.4, 0.5) is 17.1 Å². The predicted octanol–water partition coefficient (Wildman–Crippen LogP) is 6.36. The number of nitrogens with zero attached hydrogens (tertiary/aromatic N) is 2. The summed E-state index contributed by atoms with van der Waals surface area (Å²) in [5.74, 6) is -0.649. The summed E-state index contributed by atoms with van der Waals surface area (Å²) in [6.45, 7) is 3.89. The molecule has 7 heteroatoms. The van der Waals surface area contributed by atoms with Crippen LogP contribution in [-0.2, 0) is 0 Å². The smallest absolute Gasteiger partial charge is 0.288 e. The first-order valence-electron chi connectivity index (χ1n) is 10.8. The van der Waals surface area contributed by atoms with Crippen molar-refractivity contribution >= 4 is 28.8 Å². The fourth-order valence-corrected chi connectivity index (χ4v) is 3.35. The lowest BCUT2D eigenvalue weighted by atomic mass is 10.1. The molecule has 34 heavy (non-hydrogen) atoms. The van der Waals surface area contributed by atoms with Gasteiger partial charge in [-0.15, -0.1) is 0 Å². The molecule has 1 amide bonds. The monoisotopic (exact) mass is 452 g/mol. The fourth-order valence-electron chi connectivity index (χ4n) is 3.35. The summed E-state index contributed by atoms with van der Waals surface area (Å²) in [5.41, 5.74) is 4.54. The third kappa shape index (κ3) is 5.45. The minimum Gasteiger partial charge on any atom is -0.459 e. The number of Topliss-reactive ketones (excluding diaryl/α,β-unsaturated/α-hetero) is 1. The molecule has 0 aliphatic carbocycles. The van der Waals surface area contributed by atoms with Crippen molar-refractivity contribution in [1.29, 1.82) is 0 Å². The molecule has 0 aliphatic heterocycles. The van der Waals surface area contributed by atoms with E-state index < -0.39 is 12.1 Å². The Morgan fingerprint density at radius 3 is 2.18 bits per heavy atom. The van der Waals surface area contributed by atoms with Crippen LogP contribution in [0.1, 0.15) is 32.0 Å². The third-order valence-electron chi connectivity index (χ3n) is 5.23. The van der Waals surface area contributed by atoms with Crippen LogP contribution >= 0.6 is 0 Å². The number of hydrogen-bond donors (Lipinski definition) is 2. The van der Waals surface area contributed by atoms with Crippen LogP contribution in [0.15, 0.2) is 106 Å². The second-order valence-electron chi connectivity index (χ2n) is 7.75. The van der Waals surface area contributed by atoms with E-state index in [1.54, 1.807) is 36.4 Å². The van der Waals surface area contributed by atoms with Crippen molar-refractivity contribution in [1.82, 2.24) is 5.32 Å². The van der Waals surface area contributed by atoms with Crippen molar-refractivity contribution in [2.24, 2.45) is 10.2 Å². The molecule has 0 radical (unpaired) electrons. The second-order valence-corrected chi connectivity index (χ2v) is 7.75. The summed E-state index contributed by atoms with van der Waals surface area (Å²) in [4.78, 5) is 25.7. The Balaban J connectivity index is 1.55. The normalized spacial score (nSPS) is 11.8. The van der Waals surface area contributed by atoms with Gasteiger partial charge in [0.2, 0.25) is 5.78 Å². The predicted molar refractivity (Wildman–Crippen MR) is 131 cm³/mol. The minimum absolute atomic E-state index is 0.121. The number of amides is 1. The van der Waals surface area contributed by atoms with E-state index in [4.69, 9.17) is 4.42 Å². The zero-order chi connectivity index (χ0) is 23.9. The van der Waals surface area contributed by atoms with Crippen LogP contribution in [0.5, 0.6) is 0 Å². The van der Waals surface area contributed by atoms with Gasteiger partial charge in [0, 0.05) is 11.3 Å². The molecule has 0 saturated heterocycles. The summed E-state index contributed by atoms with van der Waals surface area (Å²) < 4.78 is 5.16. The molecule has 1 atom stereocenters. The molecule has 2 N–H and O–H groups in total. The first-order valence-corrected chi connectivity index (χ1v) is 10.8. The van der Waals surface area contributed by atoms with Crippen LogP contribution in [0.25, 0.3) is 0 Å². The maximum atomic E-state index is 13.2. The number of aryl methyl sites for hydroxylation is 2. The number of hydrogen-bond acceptors (Lipinski definition) is 6. The van der Waals surface area contributed by atoms with E-state index in [9.17, 15) is 9.59 Å². The molecular formula is C27H24N4O3. The van der Waals surface area contributed by atoms with Crippen LogP contribution < -0.4 is 10.6 Å². The van der Waals surface area contributed by atoms with Gasteiger partial charge >= 0.3 is 0 Å². The zero-order valence-electron chi connectivity index (χ0n) is 18.9. The Morgan fingerprint density at radius 1 is 0.794 bits per heavy atom. The lowest BCUT2D eigenvalue weighted by Gasteiger charge is -2.20. The number of azo groups is 1. The highest BCUT2D eigenvalue weighted by Gasteiger charge is 2.24. The molecule has 1 aromatic heterocycles. The van der Waals surface area contributed by atoms with Gasteiger partial charge in [-0.1, -0.05) is 48.5 Å². The highest BCUT2D eigenvalue weighted by molar-refractivity contribution is 6.04. The van der Waals surface area contributed by atoms with E-state index in [1.165, 1.54) is 12.3 Å². The largest absolute Gasteiger partial charge is 0.459 e. The Hall–Kier alpha value is -4.52. The van der Waals surface area contributed by atoms with Crippen molar-refractivity contribution in [2.45, 2.75) is 20.0 Å². The summed E-state index contributed by atoms with van der Waals surface area (Å²) in [6.07, 6.45) is 0.406. The maximum Gasteiger partial charge on any atom is 0.288 e. The van der Waals surface area contributed by atoms with Gasteiger partial charge < -0.3 is 15.1 Å². The summed E-state index contributed by atoms with van der Waals surface area (Å²) in [7, 11) is 0. The van der Waals surface area contributed by atoms with E-state index in [0.717, 1.165) is 16.8 Å². The van der Waals surface area contributed by atoms with Crippen LogP contribution in [0, 0.1) is 13.8 Å². The number of rotatable bonds is 8. The number of nitrogens with one attached hydrogen (secondary N) is 2. The lowest BCUT2D eigenvalue weighted by molar-refractivity contribution is 0.0853. The Kier molecular flexibility index (Phi) is 6.93. The van der Waals surface area contributed by atoms with Gasteiger partial charge in [-0.05, 0) is 61.4 Å². The molecular weight excluding hydrogens is 428 g/mol. The van der Waals surface area contributed by atoms with Crippen molar-refractivity contribution in [2.75, 3.05) is 5.32 Å². The number of anilines is 1. The zero-order valence-corrected chi connectivity index (χ0v) is 18.9.